The van der Waals surface area contributed by atoms with E-state index in [2.05, 4.69) is 26.0 Å². The number of benzene rings is 1. The Morgan fingerprint density at radius 2 is 2.04 bits per heavy atom. The summed E-state index contributed by atoms with van der Waals surface area (Å²) >= 11 is 3.35. The maximum Gasteiger partial charge on any atom is 0.412 e. The molecular formula is C16H20BrNO6. The van der Waals surface area contributed by atoms with Crippen molar-refractivity contribution in [3.05, 3.63) is 22.7 Å². The number of esters is 1. The van der Waals surface area contributed by atoms with Gasteiger partial charge < -0.3 is 18.9 Å². The summed E-state index contributed by atoms with van der Waals surface area (Å²) in [5.41, 5.74) is -0.140. The first-order valence-electron chi connectivity index (χ1n) is 7.35. The van der Waals surface area contributed by atoms with Gasteiger partial charge in [0.25, 0.3) is 0 Å². The van der Waals surface area contributed by atoms with Crippen molar-refractivity contribution in [2.45, 2.75) is 38.6 Å². The minimum atomic E-state index is -0.601. The number of amides is 1. The molecule has 1 aliphatic rings. The van der Waals surface area contributed by atoms with Gasteiger partial charge >= 0.3 is 12.1 Å². The molecule has 1 amide bonds. The van der Waals surface area contributed by atoms with Crippen molar-refractivity contribution in [1.29, 1.82) is 0 Å². The topological polar surface area (TPSA) is 86.4 Å². The van der Waals surface area contributed by atoms with Crippen LogP contribution in [0, 0.1) is 0 Å². The molecule has 1 fully saturated rings. The third-order valence-electron chi connectivity index (χ3n) is 3.00. The van der Waals surface area contributed by atoms with Crippen molar-refractivity contribution in [2.75, 3.05) is 19.0 Å². The smallest absolute Gasteiger partial charge is 0.412 e. The monoisotopic (exact) mass is 401 g/mol. The molecule has 24 heavy (non-hydrogen) atoms. The van der Waals surface area contributed by atoms with Crippen LogP contribution < -0.4 is 10.1 Å². The molecule has 0 saturated carbocycles. The highest BCUT2D eigenvalue weighted by Gasteiger charge is 2.46. The molecule has 1 saturated heterocycles. The second kappa shape index (κ2) is 7.40. The van der Waals surface area contributed by atoms with Gasteiger partial charge in [0.05, 0.1) is 12.8 Å². The van der Waals surface area contributed by atoms with E-state index >= 15 is 0 Å². The zero-order chi connectivity index (χ0) is 17.9. The number of halogens is 1. The quantitative estimate of drug-likeness (QED) is 0.602. The van der Waals surface area contributed by atoms with Crippen LogP contribution in [0.5, 0.6) is 5.75 Å². The van der Waals surface area contributed by atoms with Crippen LogP contribution >= 0.6 is 15.9 Å². The maximum atomic E-state index is 11.9. The average molecular weight is 402 g/mol. The van der Waals surface area contributed by atoms with Crippen LogP contribution in [-0.4, -0.2) is 43.6 Å². The van der Waals surface area contributed by atoms with Crippen LogP contribution in [0.15, 0.2) is 22.7 Å². The number of epoxide rings is 1. The van der Waals surface area contributed by atoms with E-state index in [-0.39, 0.29) is 12.7 Å². The van der Waals surface area contributed by atoms with E-state index in [1.54, 1.807) is 39.0 Å². The highest BCUT2D eigenvalue weighted by molar-refractivity contribution is 9.10. The molecule has 0 bridgehead atoms. The second-order valence-electron chi connectivity index (χ2n) is 6.20. The zero-order valence-electron chi connectivity index (χ0n) is 13.9. The summed E-state index contributed by atoms with van der Waals surface area (Å²) in [6, 6.07) is 5.17. The van der Waals surface area contributed by atoms with Gasteiger partial charge in [0.1, 0.15) is 24.1 Å². The van der Waals surface area contributed by atoms with Gasteiger partial charge in [-0.05, 0) is 39.0 Å². The Morgan fingerprint density at radius 1 is 1.33 bits per heavy atom. The number of carbonyl (C=O) groups is 2. The maximum absolute atomic E-state index is 11.9. The fraction of sp³-hybridized carbons (Fsp3) is 0.500. The zero-order valence-corrected chi connectivity index (χ0v) is 15.5. The summed E-state index contributed by atoms with van der Waals surface area (Å²) < 4.78 is 21.5. The van der Waals surface area contributed by atoms with E-state index < -0.39 is 23.8 Å². The Balaban J connectivity index is 1.98. The lowest BCUT2D eigenvalue weighted by Crippen LogP contribution is -2.27. The molecule has 132 valence electrons. The van der Waals surface area contributed by atoms with Crippen molar-refractivity contribution in [3.8, 4) is 5.75 Å². The predicted octanol–water partition coefficient (Wildman–Crippen LogP) is 3.12. The molecule has 1 aliphatic heterocycles. The Morgan fingerprint density at radius 3 is 2.67 bits per heavy atom. The Labute approximate surface area is 148 Å². The molecule has 0 unspecified atom stereocenters. The molecule has 0 radical (unpaired) electrons. The van der Waals surface area contributed by atoms with Crippen molar-refractivity contribution < 1.29 is 28.5 Å². The van der Waals surface area contributed by atoms with Gasteiger partial charge in [-0.25, -0.2) is 9.59 Å². The number of hydrogen-bond donors (Lipinski definition) is 1. The number of anilines is 1. The summed E-state index contributed by atoms with van der Waals surface area (Å²) in [6.07, 6.45) is -1.53. The van der Waals surface area contributed by atoms with Crippen molar-refractivity contribution in [3.63, 3.8) is 0 Å². The van der Waals surface area contributed by atoms with Crippen molar-refractivity contribution in [1.82, 2.24) is 0 Å². The van der Waals surface area contributed by atoms with Crippen LogP contribution in [-0.2, 0) is 19.0 Å². The Hall–Kier alpha value is -1.80. The van der Waals surface area contributed by atoms with Gasteiger partial charge in [-0.15, -0.1) is 0 Å². The molecule has 7 nitrogen and oxygen atoms in total. The number of carbonyl (C=O) groups excluding carboxylic acids is 2. The highest BCUT2D eigenvalue weighted by Crippen LogP contribution is 2.31. The molecule has 1 N–H and O–H groups in total. The molecule has 0 aliphatic carbocycles. The average Bonchev–Trinajstić information content (AvgIpc) is 3.24. The number of hydrogen-bond acceptors (Lipinski definition) is 6. The molecule has 2 rings (SSSR count). The van der Waals surface area contributed by atoms with E-state index in [4.69, 9.17) is 14.2 Å². The third-order valence-corrected chi connectivity index (χ3v) is 3.49. The summed E-state index contributed by atoms with van der Waals surface area (Å²) in [5.74, 6) is 0.0132. The minimum absolute atomic E-state index is 0.166. The van der Waals surface area contributed by atoms with Crippen LogP contribution in [0.4, 0.5) is 10.5 Å². The van der Waals surface area contributed by atoms with Gasteiger partial charge in [0.2, 0.25) is 0 Å². The van der Waals surface area contributed by atoms with Gasteiger partial charge in [-0.1, -0.05) is 15.9 Å². The lowest BCUT2D eigenvalue weighted by Gasteiger charge is -2.20. The van der Waals surface area contributed by atoms with Crippen LogP contribution in [0.25, 0.3) is 0 Å². The fourth-order valence-corrected chi connectivity index (χ4v) is 2.24. The third kappa shape index (κ3) is 5.38. The van der Waals surface area contributed by atoms with Crippen molar-refractivity contribution in [2.24, 2.45) is 0 Å². The summed E-state index contributed by atoms with van der Waals surface area (Å²) in [5, 5.41) is 2.64. The minimum Gasteiger partial charge on any atom is -0.489 e. The predicted molar refractivity (Wildman–Crippen MR) is 90.2 cm³/mol. The lowest BCUT2D eigenvalue weighted by atomic mass is 10.2. The van der Waals surface area contributed by atoms with Crippen molar-refractivity contribution >= 4 is 33.7 Å². The van der Waals surface area contributed by atoms with Gasteiger partial charge in [-0.2, -0.15) is 0 Å². The highest BCUT2D eigenvalue weighted by atomic mass is 79.9. The molecule has 0 aromatic heterocycles. The second-order valence-corrected chi connectivity index (χ2v) is 7.11. The van der Waals surface area contributed by atoms with E-state index in [0.29, 0.717) is 11.4 Å². The first kappa shape index (κ1) is 18.5. The molecule has 1 aromatic carbocycles. The molecule has 8 heteroatoms. The van der Waals surface area contributed by atoms with E-state index in [9.17, 15) is 9.59 Å². The van der Waals surface area contributed by atoms with Gasteiger partial charge in [0, 0.05) is 4.47 Å². The number of nitrogens with one attached hydrogen (secondary N) is 1. The summed E-state index contributed by atoms with van der Waals surface area (Å²) in [4.78, 5) is 23.2. The number of ether oxygens (including phenoxy) is 4. The summed E-state index contributed by atoms with van der Waals surface area (Å²) in [6.45, 7) is 5.51. The molecule has 1 heterocycles. The fourth-order valence-electron chi connectivity index (χ4n) is 1.90. The van der Waals surface area contributed by atoms with Crippen LogP contribution in [0.2, 0.25) is 0 Å². The SMILES string of the molecule is COC(=O)[C@@H]1O[C@@H]1COc1cc(Br)ccc1NC(=O)OC(C)(C)C. The largest absolute Gasteiger partial charge is 0.489 e. The lowest BCUT2D eigenvalue weighted by molar-refractivity contribution is -0.142. The molecular weight excluding hydrogens is 382 g/mol. The van der Waals surface area contributed by atoms with E-state index in [0.717, 1.165) is 4.47 Å². The Kier molecular flexibility index (Phi) is 5.71. The van der Waals surface area contributed by atoms with E-state index in [1.165, 1.54) is 7.11 Å². The summed E-state index contributed by atoms with van der Waals surface area (Å²) in [7, 11) is 1.30. The number of rotatable bonds is 5. The van der Waals surface area contributed by atoms with Gasteiger partial charge in [-0.3, -0.25) is 5.32 Å². The van der Waals surface area contributed by atoms with Gasteiger partial charge in [0.15, 0.2) is 6.10 Å². The Bertz CT molecular complexity index is 627. The molecule has 2 atom stereocenters. The molecule has 1 aromatic rings. The number of methoxy groups -OCH3 is 1. The van der Waals surface area contributed by atoms with E-state index in [1.807, 2.05) is 0 Å². The normalized spacial score (nSPS) is 19.4. The first-order chi connectivity index (χ1) is 11.2. The van der Waals surface area contributed by atoms with Crippen LogP contribution in [0.1, 0.15) is 20.8 Å². The standard InChI is InChI=1S/C16H20BrNO6/c1-16(2,3)24-15(20)18-10-6-5-9(17)7-11(10)22-8-12-13(23-12)14(19)21-4/h5-7,12-13H,8H2,1-4H3,(H,18,20)/t12-,13-/m1/s1. The molecule has 0 spiro atoms. The first-order valence-corrected chi connectivity index (χ1v) is 8.14. The van der Waals surface area contributed by atoms with Crippen LogP contribution in [0.3, 0.4) is 0 Å².